The zero-order valence-corrected chi connectivity index (χ0v) is 13.6. The molecule has 0 spiro atoms. The molecule has 0 bridgehead atoms. The van der Waals surface area contributed by atoms with Crippen LogP contribution in [0.1, 0.15) is 24.8 Å². The number of ketones is 1. The summed E-state index contributed by atoms with van der Waals surface area (Å²) in [5.74, 6) is 7.23. The van der Waals surface area contributed by atoms with Crippen LogP contribution in [0.2, 0.25) is 0 Å². The Morgan fingerprint density at radius 2 is 2.13 bits per heavy atom. The Bertz CT molecular complexity index is 570. The molecule has 1 aromatic rings. The molecule has 1 fully saturated rings. The maximum absolute atomic E-state index is 12.1. The van der Waals surface area contributed by atoms with E-state index in [1.54, 1.807) is 7.11 Å². The molecule has 1 saturated carbocycles. The van der Waals surface area contributed by atoms with Gasteiger partial charge in [-0.3, -0.25) is 4.79 Å². The zero-order chi connectivity index (χ0) is 16.5. The SMILES string of the molecule is COCC#CC[C@H]1CCC(=O)[C@@H]1COc1ccccc1CCO. The largest absolute Gasteiger partial charge is 0.493 e. The Hall–Kier alpha value is -1.83. The molecule has 0 aliphatic heterocycles. The van der Waals surface area contributed by atoms with E-state index in [2.05, 4.69) is 11.8 Å². The zero-order valence-electron chi connectivity index (χ0n) is 13.6. The Kier molecular flexibility index (Phi) is 7.12. The summed E-state index contributed by atoms with van der Waals surface area (Å²) >= 11 is 0. The molecule has 4 nitrogen and oxygen atoms in total. The van der Waals surface area contributed by atoms with E-state index in [0.29, 0.717) is 32.5 Å². The van der Waals surface area contributed by atoms with Crippen molar-refractivity contribution >= 4 is 5.78 Å². The van der Waals surface area contributed by atoms with Crippen LogP contribution in [0.25, 0.3) is 0 Å². The van der Waals surface area contributed by atoms with Crippen molar-refractivity contribution in [2.24, 2.45) is 11.8 Å². The highest BCUT2D eigenvalue weighted by molar-refractivity contribution is 5.83. The van der Waals surface area contributed by atoms with E-state index in [1.165, 1.54) is 0 Å². The van der Waals surface area contributed by atoms with E-state index in [9.17, 15) is 4.79 Å². The number of Topliss-reactive ketones (excluding diaryl/α,β-unsaturated/α-hetero) is 1. The van der Waals surface area contributed by atoms with Gasteiger partial charge < -0.3 is 14.6 Å². The third-order valence-electron chi connectivity index (χ3n) is 4.22. The molecule has 0 aromatic heterocycles. The third-order valence-corrected chi connectivity index (χ3v) is 4.22. The van der Waals surface area contributed by atoms with Crippen molar-refractivity contribution in [3.05, 3.63) is 29.8 Å². The molecule has 2 rings (SSSR count). The smallest absolute Gasteiger partial charge is 0.139 e. The maximum atomic E-state index is 12.1. The predicted octanol–water partition coefficient (Wildman–Crippen LogP) is 2.24. The Morgan fingerprint density at radius 3 is 2.91 bits per heavy atom. The number of hydrogen-bond donors (Lipinski definition) is 1. The van der Waals surface area contributed by atoms with Gasteiger partial charge >= 0.3 is 0 Å². The summed E-state index contributed by atoms with van der Waals surface area (Å²) in [7, 11) is 1.62. The number of aliphatic hydroxyl groups is 1. The van der Waals surface area contributed by atoms with E-state index in [-0.39, 0.29) is 24.2 Å². The number of hydrogen-bond acceptors (Lipinski definition) is 4. The highest BCUT2D eigenvalue weighted by atomic mass is 16.5. The summed E-state index contributed by atoms with van der Waals surface area (Å²) in [6, 6.07) is 7.65. The van der Waals surface area contributed by atoms with Gasteiger partial charge in [-0.25, -0.2) is 0 Å². The van der Waals surface area contributed by atoms with Gasteiger partial charge in [0.2, 0.25) is 0 Å². The van der Waals surface area contributed by atoms with Crippen molar-refractivity contribution in [3.63, 3.8) is 0 Å². The number of benzene rings is 1. The van der Waals surface area contributed by atoms with E-state index < -0.39 is 0 Å². The Labute approximate surface area is 137 Å². The first-order chi connectivity index (χ1) is 11.3. The highest BCUT2D eigenvalue weighted by Gasteiger charge is 2.34. The van der Waals surface area contributed by atoms with Gasteiger partial charge in [-0.2, -0.15) is 0 Å². The van der Waals surface area contributed by atoms with Gasteiger partial charge in [-0.1, -0.05) is 24.1 Å². The minimum absolute atomic E-state index is 0.0838. The summed E-state index contributed by atoms with van der Waals surface area (Å²) in [6.45, 7) is 0.898. The van der Waals surface area contributed by atoms with Crippen molar-refractivity contribution in [1.82, 2.24) is 0 Å². The van der Waals surface area contributed by atoms with Gasteiger partial charge in [-0.05, 0) is 30.4 Å². The average Bonchev–Trinajstić information content (AvgIpc) is 2.91. The van der Waals surface area contributed by atoms with Crippen LogP contribution < -0.4 is 4.74 Å². The lowest BCUT2D eigenvalue weighted by Crippen LogP contribution is -2.23. The number of para-hydroxylation sites is 1. The number of rotatable bonds is 7. The van der Waals surface area contributed by atoms with E-state index in [0.717, 1.165) is 17.7 Å². The second-order valence-corrected chi connectivity index (χ2v) is 5.75. The van der Waals surface area contributed by atoms with Gasteiger partial charge in [0.05, 0.1) is 12.5 Å². The fourth-order valence-electron chi connectivity index (χ4n) is 2.93. The Morgan fingerprint density at radius 1 is 1.30 bits per heavy atom. The Balaban J connectivity index is 1.95. The van der Waals surface area contributed by atoms with Crippen molar-refractivity contribution < 1.29 is 19.4 Å². The number of methoxy groups -OCH3 is 1. The summed E-state index contributed by atoms with van der Waals surface area (Å²) < 4.78 is 10.8. The number of carbonyl (C=O) groups is 1. The molecule has 0 saturated heterocycles. The fraction of sp³-hybridized carbons (Fsp3) is 0.526. The molecule has 1 aliphatic carbocycles. The molecule has 1 N–H and O–H groups in total. The minimum Gasteiger partial charge on any atom is -0.493 e. The first-order valence-corrected chi connectivity index (χ1v) is 8.05. The van der Waals surface area contributed by atoms with E-state index in [4.69, 9.17) is 14.6 Å². The lowest BCUT2D eigenvalue weighted by atomic mass is 9.93. The molecule has 2 atom stereocenters. The molecular weight excluding hydrogens is 292 g/mol. The van der Waals surface area contributed by atoms with Crippen LogP contribution in [0.3, 0.4) is 0 Å². The quantitative estimate of drug-likeness (QED) is 0.784. The van der Waals surface area contributed by atoms with Gasteiger partial charge in [0.15, 0.2) is 0 Å². The van der Waals surface area contributed by atoms with Crippen molar-refractivity contribution in [1.29, 1.82) is 0 Å². The summed E-state index contributed by atoms with van der Waals surface area (Å²) in [6.07, 6.45) is 2.76. The average molecular weight is 316 g/mol. The first-order valence-electron chi connectivity index (χ1n) is 8.05. The van der Waals surface area contributed by atoms with Crippen LogP contribution in [-0.2, 0) is 16.0 Å². The standard InChI is InChI=1S/C19H24O4/c1-22-13-5-4-6-15-9-10-18(21)17(15)14-23-19-8-3-2-7-16(19)11-12-20/h2-3,7-8,15,17,20H,6,9-14H2,1H3/t15-,17+/m0/s1. The van der Waals surface area contributed by atoms with Gasteiger partial charge in [0, 0.05) is 26.6 Å². The van der Waals surface area contributed by atoms with Crippen LogP contribution in [0.15, 0.2) is 24.3 Å². The molecule has 0 unspecified atom stereocenters. The molecule has 23 heavy (non-hydrogen) atoms. The molecule has 124 valence electrons. The van der Waals surface area contributed by atoms with Gasteiger partial charge in [-0.15, -0.1) is 5.92 Å². The summed E-state index contributed by atoms with van der Waals surface area (Å²) in [5.41, 5.74) is 0.969. The topological polar surface area (TPSA) is 55.8 Å². The lowest BCUT2D eigenvalue weighted by Gasteiger charge is -2.18. The fourth-order valence-corrected chi connectivity index (χ4v) is 2.93. The van der Waals surface area contributed by atoms with E-state index in [1.807, 2.05) is 24.3 Å². The maximum Gasteiger partial charge on any atom is 0.139 e. The van der Waals surface area contributed by atoms with Crippen LogP contribution in [0.4, 0.5) is 0 Å². The second kappa shape index (κ2) is 9.34. The lowest BCUT2D eigenvalue weighted by molar-refractivity contribution is -0.122. The number of aliphatic hydroxyl groups excluding tert-OH is 1. The highest BCUT2D eigenvalue weighted by Crippen LogP contribution is 2.32. The normalized spacial score (nSPS) is 20.2. The van der Waals surface area contributed by atoms with Crippen LogP contribution in [0, 0.1) is 23.7 Å². The van der Waals surface area contributed by atoms with Crippen LogP contribution in [0.5, 0.6) is 5.75 Å². The molecular formula is C19H24O4. The molecule has 0 radical (unpaired) electrons. The monoisotopic (exact) mass is 316 g/mol. The molecule has 1 aliphatic rings. The molecule has 1 aromatic carbocycles. The molecule has 4 heteroatoms. The molecule has 0 heterocycles. The van der Waals surface area contributed by atoms with Crippen molar-refractivity contribution in [3.8, 4) is 17.6 Å². The summed E-state index contributed by atoms with van der Waals surface area (Å²) in [4.78, 5) is 12.1. The van der Waals surface area contributed by atoms with Gasteiger partial charge in [0.1, 0.15) is 18.1 Å². The van der Waals surface area contributed by atoms with Crippen molar-refractivity contribution in [2.75, 3.05) is 26.9 Å². The van der Waals surface area contributed by atoms with Gasteiger partial charge in [0.25, 0.3) is 0 Å². The number of carbonyl (C=O) groups excluding carboxylic acids is 1. The summed E-state index contributed by atoms with van der Waals surface area (Å²) in [5, 5.41) is 9.11. The van der Waals surface area contributed by atoms with Crippen molar-refractivity contribution in [2.45, 2.75) is 25.7 Å². The molecule has 0 amide bonds. The number of ether oxygens (including phenoxy) is 2. The van der Waals surface area contributed by atoms with Crippen LogP contribution in [-0.4, -0.2) is 37.8 Å². The predicted molar refractivity (Wildman–Crippen MR) is 88.2 cm³/mol. The third kappa shape index (κ3) is 5.09. The second-order valence-electron chi connectivity index (χ2n) is 5.75. The van der Waals surface area contributed by atoms with Crippen LogP contribution >= 0.6 is 0 Å². The first kappa shape index (κ1) is 17.5. The minimum atomic E-state index is -0.0889. The van der Waals surface area contributed by atoms with E-state index >= 15 is 0 Å².